The maximum atomic E-state index is 5.61. The largest absolute Gasteiger partial charge is 0.497 e. The van der Waals surface area contributed by atoms with Crippen LogP contribution in [0.5, 0.6) is 5.75 Å². The molecule has 0 spiro atoms. The summed E-state index contributed by atoms with van der Waals surface area (Å²) in [6, 6.07) is 7.83. The molecule has 4 nitrogen and oxygen atoms in total. The molecule has 0 aliphatic carbocycles. The van der Waals surface area contributed by atoms with Gasteiger partial charge in [-0.15, -0.1) is 0 Å². The summed E-state index contributed by atoms with van der Waals surface area (Å²) in [5.41, 5.74) is 7.65. The van der Waals surface area contributed by atoms with E-state index in [-0.39, 0.29) is 0 Å². The third-order valence-corrected chi connectivity index (χ3v) is 2.62. The highest BCUT2D eigenvalue weighted by Crippen LogP contribution is 2.22. The number of nitrogens with two attached hydrogens (primary N) is 1. The number of ether oxygens (including phenoxy) is 1. The van der Waals surface area contributed by atoms with E-state index in [0.29, 0.717) is 6.54 Å². The quantitative estimate of drug-likeness (QED) is 0.848. The molecule has 0 saturated heterocycles. The Hall–Kier alpha value is -1.81. The molecule has 1 aromatic heterocycles. The van der Waals surface area contributed by atoms with E-state index in [1.165, 1.54) is 0 Å². The number of imidazole rings is 1. The SMILES string of the molecule is COc1cccc(-c2ncc(CN)n2C)c1. The Morgan fingerprint density at radius 3 is 2.88 bits per heavy atom. The molecule has 0 aliphatic rings. The van der Waals surface area contributed by atoms with E-state index in [0.717, 1.165) is 22.8 Å². The van der Waals surface area contributed by atoms with Gasteiger partial charge in [0, 0.05) is 19.2 Å². The summed E-state index contributed by atoms with van der Waals surface area (Å²) in [4.78, 5) is 4.36. The van der Waals surface area contributed by atoms with Gasteiger partial charge in [-0.1, -0.05) is 12.1 Å². The van der Waals surface area contributed by atoms with Gasteiger partial charge in [-0.2, -0.15) is 0 Å². The average molecular weight is 217 g/mol. The molecule has 2 N–H and O–H groups in total. The summed E-state index contributed by atoms with van der Waals surface area (Å²) in [5, 5.41) is 0. The minimum atomic E-state index is 0.494. The van der Waals surface area contributed by atoms with E-state index in [9.17, 15) is 0 Å². The number of rotatable bonds is 3. The van der Waals surface area contributed by atoms with Crippen LogP contribution in [-0.2, 0) is 13.6 Å². The third-order valence-electron chi connectivity index (χ3n) is 2.62. The zero-order chi connectivity index (χ0) is 11.5. The van der Waals surface area contributed by atoms with Crippen molar-refractivity contribution in [3.8, 4) is 17.1 Å². The highest BCUT2D eigenvalue weighted by atomic mass is 16.5. The number of aromatic nitrogens is 2. The Morgan fingerprint density at radius 1 is 1.44 bits per heavy atom. The van der Waals surface area contributed by atoms with E-state index in [4.69, 9.17) is 10.5 Å². The summed E-state index contributed by atoms with van der Waals surface area (Å²) in [5.74, 6) is 1.73. The highest BCUT2D eigenvalue weighted by molar-refractivity contribution is 5.58. The van der Waals surface area contributed by atoms with Crippen molar-refractivity contribution in [1.82, 2.24) is 9.55 Å². The monoisotopic (exact) mass is 217 g/mol. The molecule has 0 fully saturated rings. The van der Waals surface area contributed by atoms with Crippen LogP contribution in [0.1, 0.15) is 5.69 Å². The van der Waals surface area contributed by atoms with Crippen molar-refractivity contribution in [3.63, 3.8) is 0 Å². The lowest BCUT2D eigenvalue weighted by Crippen LogP contribution is -2.04. The summed E-state index contributed by atoms with van der Waals surface area (Å²) in [6.07, 6.45) is 1.80. The standard InChI is InChI=1S/C12H15N3O/c1-15-10(7-13)8-14-12(15)9-4-3-5-11(6-9)16-2/h3-6,8H,7,13H2,1-2H3. The zero-order valence-corrected chi connectivity index (χ0v) is 9.47. The van der Waals surface area contributed by atoms with Crippen molar-refractivity contribution < 1.29 is 4.74 Å². The first-order chi connectivity index (χ1) is 7.76. The van der Waals surface area contributed by atoms with E-state index < -0.39 is 0 Å². The second kappa shape index (κ2) is 4.37. The van der Waals surface area contributed by atoms with Gasteiger partial charge in [-0.05, 0) is 12.1 Å². The number of nitrogens with zero attached hydrogens (tertiary/aromatic N) is 2. The van der Waals surface area contributed by atoms with Crippen molar-refractivity contribution in [2.24, 2.45) is 12.8 Å². The Balaban J connectivity index is 2.45. The Bertz CT molecular complexity index is 491. The van der Waals surface area contributed by atoms with Gasteiger partial charge in [0.2, 0.25) is 0 Å². The van der Waals surface area contributed by atoms with Gasteiger partial charge in [0.25, 0.3) is 0 Å². The van der Waals surface area contributed by atoms with Gasteiger partial charge in [-0.25, -0.2) is 4.98 Å². The van der Waals surface area contributed by atoms with Gasteiger partial charge >= 0.3 is 0 Å². The van der Waals surface area contributed by atoms with Crippen molar-refractivity contribution in [3.05, 3.63) is 36.2 Å². The van der Waals surface area contributed by atoms with Crippen LogP contribution in [0.2, 0.25) is 0 Å². The van der Waals surface area contributed by atoms with Crippen LogP contribution in [0.3, 0.4) is 0 Å². The number of hydrogen-bond acceptors (Lipinski definition) is 3. The molecule has 1 heterocycles. The Kier molecular flexibility index (Phi) is 2.92. The van der Waals surface area contributed by atoms with Gasteiger partial charge in [0.1, 0.15) is 11.6 Å². The summed E-state index contributed by atoms with van der Waals surface area (Å²) in [6.45, 7) is 0.494. The predicted molar refractivity (Wildman–Crippen MR) is 63.1 cm³/mol. The van der Waals surface area contributed by atoms with Crippen LogP contribution in [-0.4, -0.2) is 16.7 Å². The molecule has 0 atom stereocenters. The van der Waals surface area contributed by atoms with Crippen LogP contribution in [0.15, 0.2) is 30.5 Å². The first-order valence-corrected chi connectivity index (χ1v) is 5.11. The van der Waals surface area contributed by atoms with Crippen molar-refractivity contribution in [2.75, 3.05) is 7.11 Å². The fourth-order valence-corrected chi connectivity index (χ4v) is 1.66. The molecular weight excluding hydrogens is 202 g/mol. The topological polar surface area (TPSA) is 53.1 Å². The van der Waals surface area contributed by atoms with Gasteiger partial charge < -0.3 is 15.0 Å². The maximum Gasteiger partial charge on any atom is 0.140 e. The van der Waals surface area contributed by atoms with Crippen molar-refractivity contribution in [1.29, 1.82) is 0 Å². The van der Waals surface area contributed by atoms with Gasteiger partial charge in [0.15, 0.2) is 0 Å². The van der Waals surface area contributed by atoms with E-state index in [1.54, 1.807) is 13.3 Å². The van der Waals surface area contributed by atoms with Crippen LogP contribution < -0.4 is 10.5 Å². The van der Waals surface area contributed by atoms with Gasteiger partial charge in [0.05, 0.1) is 19.0 Å². The molecule has 0 saturated carbocycles. The zero-order valence-electron chi connectivity index (χ0n) is 9.47. The van der Waals surface area contributed by atoms with Crippen LogP contribution in [0.4, 0.5) is 0 Å². The summed E-state index contributed by atoms with van der Waals surface area (Å²) < 4.78 is 7.18. The minimum Gasteiger partial charge on any atom is -0.497 e. The van der Waals surface area contributed by atoms with Crippen LogP contribution >= 0.6 is 0 Å². The smallest absolute Gasteiger partial charge is 0.140 e. The van der Waals surface area contributed by atoms with E-state index >= 15 is 0 Å². The lowest BCUT2D eigenvalue weighted by Gasteiger charge is -2.06. The molecule has 0 aliphatic heterocycles. The molecular formula is C12H15N3O. The highest BCUT2D eigenvalue weighted by Gasteiger charge is 2.07. The van der Waals surface area contributed by atoms with Gasteiger partial charge in [-0.3, -0.25) is 0 Å². The fraction of sp³-hybridized carbons (Fsp3) is 0.250. The lowest BCUT2D eigenvalue weighted by atomic mass is 10.2. The molecule has 2 rings (SSSR count). The summed E-state index contributed by atoms with van der Waals surface area (Å²) in [7, 11) is 3.62. The van der Waals surface area contributed by atoms with Crippen molar-refractivity contribution >= 4 is 0 Å². The third kappa shape index (κ3) is 1.79. The maximum absolute atomic E-state index is 5.61. The van der Waals surface area contributed by atoms with Crippen molar-refractivity contribution in [2.45, 2.75) is 6.54 Å². The first-order valence-electron chi connectivity index (χ1n) is 5.11. The number of hydrogen-bond donors (Lipinski definition) is 1. The van der Waals surface area contributed by atoms with Crippen LogP contribution in [0, 0.1) is 0 Å². The van der Waals surface area contributed by atoms with E-state index in [1.807, 2.05) is 35.9 Å². The van der Waals surface area contributed by atoms with E-state index in [2.05, 4.69) is 4.98 Å². The van der Waals surface area contributed by atoms with Crippen LogP contribution in [0.25, 0.3) is 11.4 Å². The second-order valence-electron chi connectivity index (χ2n) is 3.57. The molecule has 0 bridgehead atoms. The Labute approximate surface area is 94.7 Å². The fourth-order valence-electron chi connectivity index (χ4n) is 1.66. The predicted octanol–water partition coefficient (Wildman–Crippen LogP) is 1.55. The normalized spacial score (nSPS) is 10.4. The average Bonchev–Trinajstić information content (AvgIpc) is 2.70. The minimum absolute atomic E-state index is 0.494. The molecule has 0 unspecified atom stereocenters. The molecule has 84 valence electrons. The Morgan fingerprint density at radius 2 is 2.25 bits per heavy atom. The molecule has 4 heteroatoms. The lowest BCUT2D eigenvalue weighted by molar-refractivity contribution is 0.415. The molecule has 2 aromatic rings. The molecule has 1 aromatic carbocycles. The summed E-state index contributed by atoms with van der Waals surface area (Å²) >= 11 is 0. The number of benzene rings is 1. The second-order valence-corrected chi connectivity index (χ2v) is 3.57. The molecule has 0 radical (unpaired) electrons. The molecule has 0 amide bonds. The molecule has 16 heavy (non-hydrogen) atoms. The number of methoxy groups -OCH3 is 1. The first kappa shape index (κ1) is 10.7.